The van der Waals surface area contributed by atoms with E-state index in [-0.39, 0.29) is 23.3 Å². The normalized spacial score (nSPS) is 16.8. The van der Waals surface area contributed by atoms with E-state index in [0.29, 0.717) is 24.4 Å². The van der Waals surface area contributed by atoms with E-state index in [0.717, 1.165) is 6.42 Å². The number of hydrogen-bond donors (Lipinski definition) is 0. The molecule has 0 aliphatic carbocycles. The van der Waals surface area contributed by atoms with E-state index in [1.165, 1.54) is 30.3 Å². The molecule has 1 atom stereocenters. The second kappa shape index (κ2) is 6.67. The number of benzene rings is 2. The number of carbonyl (C=O) groups is 1. The Morgan fingerprint density at radius 1 is 1.12 bits per heavy atom. The van der Waals surface area contributed by atoms with E-state index < -0.39 is 11.6 Å². The van der Waals surface area contributed by atoms with Gasteiger partial charge >= 0.3 is 0 Å². The summed E-state index contributed by atoms with van der Waals surface area (Å²) in [5, 5.41) is 3.90. The van der Waals surface area contributed by atoms with Crippen molar-refractivity contribution in [3.63, 3.8) is 0 Å². The second-order valence-corrected chi connectivity index (χ2v) is 6.13. The van der Waals surface area contributed by atoms with Gasteiger partial charge in [-0.2, -0.15) is 4.98 Å². The van der Waals surface area contributed by atoms with Gasteiger partial charge in [0.15, 0.2) is 0 Å². The summed E-state index contributed by atoms with van der Waals surface area (Å²) >= 11 is 0. The maximum absolute atomic E-state index is 13.4. The fourth-order valence-electron chi connectivity index (χ4n) is 3.17. The van der Waals surface area contributed by atoms with Crippen molar-refractivity contribution in [1.29, 1.82) is 0 Å². The average molecular weight is 355 g/mol. The Kier molecular flexibility index (Phi) is 4.20. The third-order valence-corrected chi connectivity index (χ3v) is 4.39. The van der Waals surface area contributed by atoms with Crippen LogP contribution in [0.1, 0.15) is 35.1 Å². The molecule has 0 N–H and O–H groups in total. The highest BCUT2D eigenvalue weighted by molar-refractivity contribution is 5.94. The van der Waals surface area contributed by atoms with Crippen molar-refractivity contribution in [1.82, 2.24) is 15.0 Å². The topological polar surface area (TPSA) is 59.2 Å². The first-order valence-corrected chi connectivity index (χ1v) is 8.28. The molecule has 0 radical (unpaired) electrons. The molecule has 0 spiro atoms. The monoisotopic (exact) mass is 355 g/mol. The largest absolute Gasteiger partial charge is 0.337 e. The lowest BCUT2D eigenvalue weighted by Crippen LogP contribution is -2.30. The molecule has 1 unspecified atom stereocenters. The summed E-state index contributed by atoms with van der Waals surface area (Å²) in [6, 6.07) is 11.1. The molecule has 3 aromatic rings. The van der Waals surface area contributed by atoms with Crippen LogP contribution in [0.5, 0.6) is 0 Å². The van der Waals surface area contributed by atoms with Gasteiger partial charge in [0.2, 0.25) is 11.7 Å². The third-order valence-electron chi connectivity index (χ3n) is 4.39. The van der Waals surface area contributed by atoms with Crippen LogP contribution in [0.15, 0.2) is 53.1 Å². The van der Waals surface area contributed by atoms with Gasteiger partial charge in [0, 0.05) is 17.7 Å². The third kappa shape index (κ3) is 3.08. The Hall–Kier alpha value is -3.09. The van der Waals surface area contributed by atoms with Crippen LogP contribution in [-0.2, 0) is 0 Å². The van der Waals surface area contributed by atoms with E-state index in [9.17, 15) is 13.6 Å². The smallest absolute Gasteiger partial charge is 0.254 e. The average Bonchev–Trinajstić information content (AvgIpc) is 3.30. The molecular formula is C19H15F2N3O2. The van der Waals surface area contributed by atoms with E-state index >= 15 is 0 Å². The lowest BCUT2D eigenvalue weighted by molar-refractivity contribution is 0.0709. The lowest BCUT2D eigenvalue weighted by Gasteiger charge is -2.21. The van der Waals surface area contributed by atoms with Gasteiger partial charge in [-0.15, -0.1) is 0 Å². The van der Waals surface area contributed by atoms with Crippen molar-refractivity contribution in [3.05, 3.63) is 71.6 Å². The number of halogens is 2. The van der Waals surface area contributed by atoms with Crippen LogP contribution in [-0.4, -0.2) is 27.5 Å². The minimum Gasteiger partial charge on any atom is -0.337 e. The van der Waals surface area contributed by atoms with Crippen molar-refractivity contribution in [2.24, 2.45) is 0 Å². The minimum absolute atomic E-state index is 0.268. The van der Waals surface area contributed by atoms with Gasteiger partial charge in [-0.1, -0.05) is 23.4 Å². The summed E-state index contributed by atoms with van der Waals surface area (Å²) in [7, 11) is 0. The molecule has 1 aromatic heterocycles. The number of nitrogens with zero attached hydrogens (tertiary/aromatic N) is 3. The van der Waals surface area contributed by atoms with Gasteiger partial charge in [-0.25, -0.2) is 8.78 Å². The summed E-state index contributed by atoms with van der Waals surface area (Å²) in [5.74, 6) is -0.566. The van der Waals surface area contributed by atoms with Gasteiger partial charge in [0.25, 0.3) is 5.91 Å². The Labute approximate surface area is 148 Å². The molecule has 1 fully saturated rings. The van der Waals surface area contributed by atoms with E-state index in [1.807, 2.05) is 0 Å². The van der Waals surface area contributed by atoms with E-state index in [1.54, 1.807) is 23.1 Å². The summed E-state index contributed by atoms with van der Waals surface area (Å²) < 4.78 is 32.1. The van der Waals surface area contributed by atoms with Gasteiger partial charge in [-0.05, 0) is 43.2 Å². The molecular weight excluding hydrogens is 340 g/mol. The molecule has 26 heavy (non-hydrogen) atoms. The zero-order chi connectivity index (χ0) is 18.1. The zero-order valence-electron chi connectivity index (χ0n) is 13.7. The van der Waals surface area contributed by atoms with Crippen molar-refractivity contribution < 1.29 is 18.1 Å². The first-order valence-electron chi connectivity index (χ1n) is 8.28. The Balaban J connectivity index is 1.60. The molecule has 1 aliphatic rings. The highest BCUT2D eigenvalue weighted by Gasteiger charge is 2.34. The van der Waals surface area contributed by atoms with Crippen molar-refractivity contribution in [3.8, 4) is 11.4 Å². The lowest BCUT2D eigenvalue weighted by atomic mass is 10.1. The van der Waals surface area contributed by atoms with Gasteiger partial charge in [0.1, 0.15) is 17.7 Å². The molecule has 132 valence electrons. The molecule has 0 saturated carbocycles. The predicted octanol–water partition coefficient (Wildman–Crippen LogP) is 3.99. The molecule has 1 saturated heterocycles. The summed E-state index contributed by atoms with van der Waals surface area (Å²) in [6.45, 7) is 0.525. The van der Waals surface area contributed by atoms with Gasteiger partial charge < -0.3 is 9.42 Å². The van der Waals surface area contributed by atoms with E-state index in [2.05, 4.69) is 10.1 Å². The standard InChI is InChI=1S/C19H15F2N3O2/c20-14-6-1-4-12(10-14)17-22-18(26-23-17)16-8-3-9-24(16)19(25)13-5-2-7-15(21)11-13/h1-2,4-7,10-11,16H,3,8-9H2. The van der Waals surface area contributed by atoms with Crippen molar-refractivity contribution in [2.45, 2.75) is 18.9 Å². The Bertz CT molecular complexity index is 957. The van der Waals surface area contributed by atoms with Crippen LogP contribution < -0.4 is 0 Å². The van der Waals surface area contributed by atoms with Crippen molar-refractivity contribution >= 4 is 5.91 Å². The quantitative estimate of drug-likeness (QED) is 0.713. The number of amides is 1. The van der Waals surface area contributed by atoms with Crippen LogP contribution in [0.4, 0.5) is 8.78 Å². The molecule has 1 aliphatic heterocycles. The fraction of sp³-hybridized carbons (Fsp3) is 0.211. The number of likely N-dealkylation sites (tertiary alicyclic amines) is 1. The van der Waals surface area contributed by atoms with Crippen molar-refractivity contribution in [2.75, 3.05) is 6.54 Å². The first kappa shape index (κ1) is 16.4. The molecule has 2 heterocycles. The zero-order valence-corrected chi connectivity index (χ0v) is 13.7. The highest BCUT2D eigenvalue weighted by Crippen LogP contribution is 2.33. The molecule has 7 heteroatoms. The Morgan fingerprint density at radius 3 is 2.65 bits per heavy atom. The number of hydrogen-bond acceptors (Lipinski definition) is 4. The molecule has 1 amide bonds. The molecule has 4 rings (SSSR count). The summed E-state index contributed by atoms with van der Waals surface area (Å²) in [4.78, 5) is 18.7. The van der Waals surface area contributed by atoms with Gasteiger partial charge in [0.05, 0.1) is 0 Å². The molecule has 5 nitrogen and oxygen atoms in total. The van der Waals surface area contributed by atoms with Crippen LogP contribution in [0.3, 0.4) is 0 Å². The maximum atomic E-state index is 13.4. The number of rotatable bonds is 3. The highest BCUT2D eigenvalue weighted by atomic mass is 19.1. The predicted molar refractivity (Wildman–Crippen MR) is 89.1 cm³/mol. The minimum atomic E-state index is -0.460. The molecule has 2 aromatic carbocycles. The fourth-order valence-corrected chi connectivity index (χ4v) is 3.17. The Morgan fingerprint density at radius 2 is 1.88 bits per heavy atom. The van der Waals surface area contributed by atoms with Crippen LogP contribution in [0, 0.1) is 11.6 Å². The summed E-state index contributed by atoms with van der Waals surface area (Å²) in [5.41, 5.74) is 0.780. The molecule has 0 bridgehead atoms. The van der Waals surface area contributed by atoms with Gasteiger partial charge in [-0.3, -0.25) is 4.79 Å². The van der Waals surface area contributed by atoms with E-state index in [4.69, 9.17) is 4.52 Å². The van der Waals surface area contributed by atoms with Crippen LogP contribution >= 0.6 is 0 Å². The van der Waals surface area contributed by atoms with Crippen LogP contribution in [0.2, 0.25) is 0 Å². The maximum Gasteiger partial charge on any atom is 0.254 e. The first-order chi connectivity index (χ1) is 12.6. The summed E-state index contributed by atoms with van der Waals surface area (Å²) in [6.07, 6.45) is 1.45. The SMILES string of the molecule is O=C(c1cccc(F)c1)N1CCCC1c1nc(-c2cccc(F)c2)no1. The second-order valence-electron chi connectivity index (χ2n) is 6.13. The van der Waals surface area contributed by atoms with Crippen LogP contribution in [0.25, 0.3) is 11.4 Å². The number of carbonyl (C=O) groups excluding carboxylic acids is 1. The number of aromatic nitrogens is 2.